The van der Waals surface area contributed by atoms with Gasteiger partial charge in [0.2, 0.25) is 10.0 Å². The number of sulfonamides is 1. The normalized spacial score (nSPS) is 17.2. The molecule has 8 nitrogen and oxygen atoms in total. The number of ether oxygens (including phenoxy) is 1. The number of nitrogens with zero attached hydrogens (tertiary/aromatic N) is 1. The fourth-order valence-corrected chi connectivity index (χ4v) is 5.78. The van der Waals surface area contributed by atoms with Crippen LogP contribution >= 0.6 is 0 Å². The summed E-state index contributed by atoms with van der Waals surface area (Å²) in [4.78, 5) is 13.3. The van der Waals surface area contributed by atoms with Crippen LogP contribution in [0.4, 0.5) is 0 Å². The Morgan fingerprint density at radius 2 is 1.77 bits per heavy atom. The molecule has 0 aliphatic carbocycles. The van der Waals surface area contributed by atoms with Crippen molar-refractivity contribution in [1.29, 1.82) is 0 Å². The van der Waals surface area contributed by atoms with Crippen molar-refractivity contribution in [2.75, 3.05) is 34.3 Å². The molecule has 168 valence electrons. The van der Waals surface area contributed by atoms with Gasteiger partial charge in [-0.1, -0.05) is 36.4 Å². The van der Waals surface area contributed by atoms with Gasteiger partial charge in [-0.05, 0) is 43.6 Å². The highest BCUT2D eigenvalue weighted by atomic mass is 32.2. The van der Waals surface area contributed by atoms with Crippen molar-refractivity contribution in [3.05, 3.63) is 59.7 Å². The molecule has 1 aliphatic rings. The zero-order chi connectivity index (χ0) is 22.6. The molecule has 9 heteroatoms. The molecule has 1 unspecified atom stereocenters. The van der Waals surface area contributed by atoms with E-state index in [-0.39, 0.29) is 17.1 Å². The lowest BCUT2D eigenvalue weighted by atomic mass is 9.72. The Morgan fingerprint density at radius 3 is 2.35 bits per heavy atom. The first-order chi connectivity index (χ1) is 14.7. The second-order valence-electron chi connectivity index (χ2n) is 7.81. The molecule has 1 atom stereocenters. The summed E-state index contributed by atoms with van der Waals surface area (Å²) in [6, 6.07) is 13.9. The smallest absolute Gasteiger partial charge is 0.259 e. The number of piperidine rings is 1. The number of nitrogens with one attached hydrogen (secondary N) is 2. The second kappa shape index (κ2) is 9.25. The Bertz CT molecular complexity index is 1020. The first-order valence-corrected chi connectivity index (χ1v) is 11.6. The Morgan fingerprint density at radius 1 is 1.13 bits per heavy atom. The van der Waals surface area contributed by atoms with Crippen molar-refractivity contribution in [2.24, 2.45) is 0 Å². The minimum absolute atomic E-state index is 0.0962. The van der Waals surface area contributed by atoms with Gasteiger partial charge in [0.1, 0.15) is 17.1 Å². The molecule has 1 heterocycles. The summed E-state index contributed by atoms with van der Waals surface area (Å²) in [5.41, 5.74) is -0.0966. The van der Waals surface area contributed by atoms with Gasteiger partial charge in [0.05, 0.1) is 7.11 Å². The number of benzene rings is 2. The maximum absolute atomic E-state index is 13.5. The van der Waals surface area contributed by atoms with E-state index in [1.165, 1.54) is 27.3 Å². The topological polar surface area (TPSA) is 108 Å². The predicted molar refractivity (Wildman–Crippen MR) is 119 cm³/mol. The highest BCUT2D eigenvalue weighted by Crippen LogP contribution is 2.40. The van der Waals surface area contributed by atoms with E-state index >= 15 is 0 Å². The van der Waals surface area contributed by atoms with Crippen LogP contribution in [0.5, 0.6) is 11.5 Å². The molecular weight excluding hydrogens is 418 g/mol. The molecule has 1 aliphatic heterocycles. The van der Waals surface area contributed by atoms with E-state index in [1.54, 1.807) is 12.1 Å². The Kier molecular flexibility index (Phi) is 6.88. The Hall–Kier alpha value is -2.62. The van der Waals surface area contributed by atoms with E-state index in [0.29, 0.717) is 25.9 Å². The predicted octanol–water partition coefficient (Wildman–Crippen LogP) is 1.67. The van der Waals surface area contributed by atoms with Gasteiger partial charge >= 0.3 is 0 Å². The van der Waals surface area contributed by atoms with Gasteiger partial charge in [0.25, 0.3) is 5.91 Å². The third-order valence-electron chi connectivity index (χ3n) is 5.87. The molecule has 0 saturated carbocycles. The van der Waals surface area contributed by atoms with Gasteiger partial charge in [0.15, 0.2) is 5.37 Å². The molecule has 2 aromatic rings. The SMILES string of the molecule is COc1cccc(O)c1C(=O)NC(C1(c2ccccc2)CCNCC1)S(=O)(=O)N(C)C. The van der Waals surface area contributed by atoms with Crippen LogP contribution < -0.4 is 15.4 Å². The lowest BCUT2D eigenvalue weighted by molar-refractivity contribution is 0.0918. The van der Waals surface area contributed by atoms with Crippen molar-refractivity contribution >= 4 is 15.9 Å². The summed E-state index contributed by atoms with van der Waals surface area (Å²) >= 11 is 0. The fraction of sp³-hybridized carbons (Fsp3) is 0.409. The van der Waals surface area contributed by atoms with Crippen LogP contribution in [0.3, 0.4) is 0 Å². The largest absolute Gasteiger partial charge is 0.507 e. The van der Waals surface area contributed by atoms with Gasteiger partial charge in [-0.15, -0.1) is 0 Å². The van der Waals surface area contributed by atoms with Crippen LogP contribution in [0.2, 0.25) is 0 Å². The molecule has 3 N–H and O–H groups in total. The average Bonchev–Trinajstić information content (AvgIpc) is 2.77. The number of rotatable bonds is 7. The molecule has 0 aromatic heterocycles. The fourth-order valence-electron chi connectivity index (χ4n) is 4.16. The first kappa shape index (κ1) is 23.1. The van der Waals surface area contributed by atoms with E-state index < -0.39 is 26.7 Å². The van der Waals surface area contributed by atoms with Crippen LogP contribution in [0.25, 0.3) is 0 Å². The van der Waals surface area contributed by atoms with Crippen molar-refractivity contribution in [2.45, 2.75) is 23.6 Å². The number of methoxy groups -OCH3 is 1. The van der Waals surface area contributed by atoms with E-state index in [1.807, 2.05) is 30.3 Å². The lowest BCUT2D eigenvalue weighted by Gasteiger charge is -2.44. The van der Waals surface area contributed by atoms with Crippen molar-refractivity contribution in [3.63, 3.8) is 0 Å². The van der Waals surface area contributed by atoms with Crippen molar-refractivity contribution < 1.29 is 23.1 Å². The maximum Gasteiger partial charge on any atom is 0.259 e. The molecule has 2 aromatic carbocycles. The van der Waals surface area contributed by atoms with Crippen molar-refractivity contribution in [3.8, 4) is 11.5 Å². The van der Waals surface area contributed by atoms with Gasteiger partial charge in [-0.3, -0.25) is 4.79 Å². The summed E-state index contributed by atoms with van der Waals surface area (Å²) < 4.78 is 33.4. The van der Waals surface area contributed by atoms with Gasteiger partial charge in [-0.25, -0.2) is 12.7 Å². The van der Waals surface area contributed by atoms with E-state index in [4.69, 9.17) is 4.74 Å². The summed E-state index contributed by atoms with van der Waals surface area (Å²) in [6.07, 6.45) is 1.04. The number of aromatic hydroxyl groups is 1. The Balaban J connectivity index is 2.14. The highest BCUT2D eigenvalue weighted by molar-refractivity contribution is 7.89. The third-order valence-corrected chi connectivity index (χ3v) is 8.05. The number of hydrogen-bond acceptors (Lipinski definition) is 6. The molecule has 0 radical (unpaired) electrons. The molecule has 1 amide bonds. The lowest BCUT2D eigenvalue weighted by Crippen LogP contribution is -2.60. The maximum atomic E-state index is 13.5. The van der Waals surface area contributed by atoms with Gasteiger partial charge in [0, 0.05) is 19.5 Å². The molecule has 1 saturated heterocycles. The molecule has 3 rings (SSSR count). The van der Waals surface area contributed by atoms with Crippen molar-refractivity contribution in [1.82, 2.24) is 14.9 Å². The monoisotopic (exact) mass is 447 g/mol. The number of amides is 1. The van der Waals surface area contributed by atoms with E-state index in [2.05, 4.69) is 10.6 Å². The minimum atomic E-state index is -3.93. The standard InChI is InChI=1S/C22H29N3O5S/c1-25(2)31(28,29)21(24-20(27)19-17(26)10-7-11-18(19)30-3)22(12-14-23-15-13-22)16-8-5-4-6-9-16/h4-11,21,23,26H,12-15H2,1-3H3,(H,24,27). The van der Waals surface area contributed by atoms with Crippen LogP contribution in [-0.2, 0) is 15.4 Å². The quantitative estimate of drug-likeness (QED) is 0.596. The number of phenolic OH excluding ortho intramolecular Hbond substituents is 1. The van der Waals surface area contributed by atoms with E-state index in [0.717, 1.165) is 9.87 Å². The number of phenols is 1. The Labute approximate surface area is 183 Å². The summed E-state index contributed by atoms with van der Waals surface area (Å²) in [5.74, 6) is -0.825. The molecule has 0 spiro atoms. The van der Waals surface area contributed by atoms with E-state index in [9.17, 15) is 18.3 Å². The van der Waals surface area contributed by atoms with Crippen LogP contribution in [-0.4, -0.2) is 63.4 Å². The molecule has 1 fully saturated rings. The molecule has 31 heavy (non-hydrogen) atoms. The summed E-state index contributed by atoms with van der Waals surface area (Å²) in [7, 11) is 0.364. The number of hydrogen-bond donors (Lipinski definition) is 3. The highest BCUT2D eigenvalue weighted by Gasteiger charge is 2.50. The van der Waals surface area contributed by atoms with Crippen LogP contribution in [0.15, 0.2) is 48.5 Å². The zero-order valence-corrected chi connectivity index (χ0v) is 18.8. The number of carbonyl (C=O) groups is 1. The van der Waals surface area contributed by atoms with Gasteiger partial charge < -0.3 is 20.5 Å². The summed E-state index contributed by atoms with van der Waals surface area (Å²) in [5, 5.41) is 15.1. The van der Waals surface area contributed by atoms with Crippen LogP contribution in [0.1, 0.15) is 28.8 Å². The number of carbonyl (C=O) groups excluding carboxylic acids is 1. The zero-order valence-electron chi connectivity index (χ0n) is 18.0. The summed E-state index contributed by atoms with van der Waals surface area (Å²) in [6.45, 7) is 1.23. The van der Waals surface area contributed by atoms with Crippen LogP contribution in [0, 0.1) is 0 Å². The van der Waals surface area contributed by atoms with Gasteiger partial charge in [-0.2, -0.15) is 0 Å². The third kappa shape index (κ3) is 4.39. The minimum Gasteiger partial charge on any atom is -0.507 e. The molecule has 0 bridgehead atoms. The second-order valence-corrected chi connectivity index (χ2v) is 10.0. The molecular formula is C22H29N3O5S. The average molecular weight is 448 g/mol. The first-order valence-electron chi connectivity index (χ1n) is 10.1.